The van der Waals surface area contributed by atoms with Crippen molar-refractivity contribution < 1.29 is 32.2 Å². The summed E-state index contributed by atoms with van der Waals surface area (Å²) in [5.74, 6) is -0.645. The monoisotopic (exact) mass is 390 g/mol. The molecule has 9 heteroatoms. The van der Waals surface area contributed by atoms with Crippen molar-refractivity contribution in [2.45, 2.75) is 39.5 Å². The fourth-order valence-corrected chi connectivity index (χ4v) is 2.14. The van der Waals surface area contributed by atoms with Crippen LogP contribution in [0.4, 0.5) is 23.7 Å². The second-order valence-corrected chi connectivity index (χ2v) is 6.97. The van der Waals surface area contributed by atoms with E-state index in [1.54, 1.807) is 20.8 Å². The Morgan fingerprint density at radius 2 is 1.81 bits per heavy atom. The minimum atomic E-state index is -4.52. The largest absolute Gasteiger partial charge is 0.444 e. The fraction of sp³-hybridized carbons (Fsp3) is 0.556. The standard InChI is InChI=1S/C18H25F3N2O4/c1-12-6-7-13(10-14(12)18(19,20)21)22-15(24)11-23(8-9-26-5)16(25)27-17(2,3)4/h6-7,10H,8-9,11H2,1-5H3,(H,22,24). The van der Waals surface area contributed by atoms with Crippen LogP contribution in [-0.2, 0) is 20.4 Å². The van der Waals surface area contributed by atoms with E-state index >= 15 is 0 Å². The van der Waals surface area contributed by atoms with Crippen LogP contribution in [0.25, 0.3) is 0 Å². The first-order valence-electron chi connectivity index (χ1n) is 8.28. The summed E-state index contributed by atoms with van der Waals surface area (Å²) in [5.41, 5.74) is -1.54. The summed E-state index contributed by atoms with van der Waals surface area (Å²) in [6.07, 6.45) is -5.24. The smallest absolute Gasteiger partial charge is 0.416 e. The number of nitrogens with zero attached hydrogens (tertiary/aromatic N) is 1. The number of nitrogens with one attached hydrogen (secondary N) is 1. The molecule has 0 aliphatic heterocycles. The van der Waals surface area contributed by atoms with Crippen LogP contribution in [0.3, 0.4) is 0 Å². The molecule has 27 heavy (non-hydrogen) atoms. The fourth-order valence-electron chi connectivity index (χ4n) is 2.14. The lowest BCUT2D eigenvalue weighted by atomic mass is 10.1. The maximum absolute atomic E-state index is 13.0. The second-order valence-electron chi connectivity index (χ2n) is 6.97. The molecule has 1 aromatic carbocycles. The number of hydrogen-bond acceptors (Lipinski definition) is 4. The molecule has 0 saturated carbocycles. The number of benzene rings is 1. The summed E-state index contributed by atoms with van der Waals surface area (Å²) in [7, 11) is 1.44. The first-order chi connectivity index (χ1) is 12.3. The van der Waals surface area contributed by atoms with Crippen LogP contribution in [-0.4, -0.2) is 49.3 Å². The van der Waals surface area contributed by atoms with Gasteiger partial charge in [0.1, 0.15) is 12.1 Å². The molecule has 0 spiro atoms. The van der Waals surface area contributed by atoms with Crippen molar-refractivity contribution in [2.75, 3.05) is 32.1 Å². The van der Waals surface area contributed by atoms with E-state index in [-0.39, 0.29) is 30.9 Å². The Labute approximate surface area is 156 Å². The molecule has 152 valence electrons. The highest BCUT2D eigenvalue weighted by atomic mass is 19.4. The van der Waals surface area contributed by atoms with Gasteiger partial charge in [0.2, 0.25) is 5.91 Å². The SMILES string of the molecule is COCCN(CC(=O)Nc1ccc(C)c(C(F)(F)F)c1)C(=O)OC(C)(C)C. The minimum Gasteiger partial charge on any atom is -0.444 e. The van der Waals surface area contributed by atoms with Crippen LogP contribution < -0.4 is 5.32 Å². The number of halogens is 3. The van der Waals surface area contributed by atoms with E-state index in [0.29, 0.717) is 0 Å². The van der Waals surface area contributed by atoms with Crippen molar-refractivity contribution in [3.05, 3.63) is 29.3 Å². The Morgan fingerprint density at radius 1 is 1.19 bits per heavy atom. The highest BCUT2D eigenvalue weighted by molar-refractivity contribution is 5.94. The van der Waals surface area contributed by atoms with Gasteiger partial charge in [-0.1, -0.05) is 6.07 Å². The van der Waals surface area contributed by atoms with Crippen LogP contribution >= 0.6 is 0 Å². The predicted molar refractivity (Wildman–Crippen MR) is 94.5 cm³/mol. The molecule has 0 radical (unpaired) electrons. The van der Waals surface area contributed by atoms with Gasteiger partial charge in [-0.15, -0.1) is 0 Å². The number of amides is 2. The maximum atomic E-state index is 13.0. The number of hydrogen-bond donors (Lipinski definition) is 1. The molecule has 1 aromatic rings. The molecule has 0 bridgehead atoms. The van der Waals surface area contributed by atoms with E-state index in [2.05, 4.69) is 5.32 Å². The van der Waals surface area contributed by atoms with Crippen molar-refractivity contribution in [3.63, 3.8) is 0 Å². The van der Waals surface area contributed by atoms with E-state index in [1.165, 1.54) is 26.2 Å². The molecule has 2 amide bonds. The van der Waals surface area contributed by atoms with Crippen LogP contribution in [0.5, 0.6) is 0 Å². The van der Waals surface area contributed by atoms with Crippen molar-refractivity contribution in [3.8, 4) is 0 Å². The molecular formula is C18H25F3N2O4. The van der Waals surface area contributed by atoms with Gasteiger partial charge in [-0.2, -0.15) is 13.2 Å². The number of alkyl halides is 3. The molecule has 0 aromatic heterocycles. The normalized spacial score (nSPS) is 11.9. The number of carbonyl (C=O) groups is 2. The lowest BCUT2D eigenvalue weighted by molar-refractivity contribution is -0.138. The Kier molecular flexibility index (Phi) is 7.65. The third-order valence-corrected chi connectivity index (χ3v) is 3.38. The van der Waals surface area contributed by atoms with Crippen LogP contribution in [0.15, 0.2) is 18.2 Å². The number of ether oxygens (including phenoxy) is 2. The summed E-state index contributed by atoms with van der Waals surface area (Å²) in [6.45, 7) is 6.28. The Bertz CT molecular complexity index is 670. The third kappa shape index (κ3) is 7.86. The topological polar surface area (TPSA) is 67.9 Å². The summed E-state index contributed by atoms with van der Waals surface area (Å²) < 4.78 is 49.1. The molecule has 0 saturated heterocycles. The molecule has 0 atom stereocenters. The van der Waals surface area contributed by atoms with Gasteiger partial charge in [0, 0.05) is 19.3 Å². The first kappa shape index (κ1) is 22.8. The number of carbonyl (C=O) groups excluding carboxylic acids is 2. The molecule has 6 nitrogen and oxygen atoms in total. The zero-order valence-corrected chi connectivity index (χ0v) is 16.1. The van der Waals surface area contributed by atoms with E-state index in [9.17, 15) is 22.8 Å². The average molecular weight is 390 g/mol. The van der Waals surface area contributed by atoms with Crippen LogP contribution in [0, 0.1) is 6.92 Å². The van der Waals surface area contributed by atoms with Crippen molar-refractivity contribution in [1.82, 2.24) is 4.90 Å². The maximum Gasteiger partial charge on any atom is 0.416 e. The summed E-state index contributed by atoms with van der Waals surface area (Å²) in [6, 6.07) is 3.50. The van der Waals surface area contributed by atoms with Gasteiger partial charge < -0.3 is 14.8 Å². The zero-order valence-electron chi connectivity index (χ0n) is 16.1. The van der Waals surface area contributed by atoms with Crippen LogP contribution in [0.1, 0.15) is 31.9 Å². The van der Waals surface area contributed by atoms with Gasteiger partial charge in [-0.25, -0.2) is 4.79 Å². The second kappa shape index (κ2) is 9.07. The Balaban J connectivity index is 2.86. The zero-order chi connectivity index (χ0) is 20.8. The predicted octanol–water partition coefficient (Wildman–Crippen LogP) is 3.84. The van der Waals surface area contributed by atoms with Gasteiger partial charge in [-0.3, -0.25) is 9.69 Å². The molecule has 0 unspecified atom stereocenters. The van der Waals surface area contributed by atoms with E-state index in [1.807, 2.05) is 0 Å². The molecule has 0 heterocycles. The quantitative estimate of drug-likeness (QED) is 0.802. The average Bonchev–Trinajstić information content (AvgIpc) is 2.50. The summed E-state index contributed by atoms with van der Waals surface area (Å²) in [4.78, 5) is 25.5. The Morgan fingerprint density at radius 3 is 2.33 bits per heavy atom. The van der Waals surface area contributed by atoms with Gasteiger partial charge in [-0.05, 0) is 45.4 Å². The first-order valence-corrected chi connectivity index (χ1v) is 8.28. The molecule has 1 N–H and O–H groups in total. The van der Waals surface area contributed by atoms with Crippen LogP contribution in [0.2, 0.25) is 0 Å². The highest BCUT2D eigenvalue weighted by Crippen LogP contribution is 2.33. The summed E-state index contributed by atoms with van der Waals surface area (Å²) in [5, 5.41) is 2.38. The lowest BCUT2D eigenvalue weighted by Crippen LogP contribution is -2.42. The molecule has 0 aliphatic carbocycles. The molecule has 0 aliphatic rings. The number of methoxy groups -OCH3 is 1. The number of anilines is 1. The van der Waals surface area contributed by atoms with Crippen molar-refractivity contribution in [1.29, 1.82) is 0 Å². The van der Waals surface area contributed by atoms with Gasteiger partial charge in [0.05, 0.1) is 12.2 Å². The van der Waals surface area contributed by atoms with Gasteiger partial charge in [0.15, 0.2) is 0 Å². The molecular weight excluding hydrogens is 365 g/mol. The van der Waals surface area contributed by atoms with Crippen molar-refractivity contribution in [2.24, 2.45) is 0 Å². The highest BCUT2D eigenvalue weighted by Gasteiger charge is 2.32. The lowest BCUT2D eigenvalue weighted by Gasteiger charge is -2.27. The number of aryl methyl sites for hydroxylation is 1. The van der Waals surface area contributed by atoms with Gasteiger partial charge in [0.25, 0.3) is 0 Å². The minimum absolute atomic E-state index is 0.00574. The van der Waals surface area contributed by atoms with Crippen molar-refractivity contribution >= 4 is 17.7 Å². The Hall–Kier alpha value is -2.29. The van der Waals surface area contributed by atoms with Gasteiger partial charge >= 0.3 is 12.3 Å². The molecule has 0 fully saturated rings. The van der Waals surface area contributed by atoms with E-state index < -0.39 is 29.3 Å². The third-order valence-electron chi connectivity index (χ3n) is 3.38. The molecule has 1 rings (SSSR count). The number of rotatable bonds is 6. The van der Waals surface area contributed by atoms with E-state index in [4.69, 9.17) is 9.47 Å². The van der Waals surface area contributed by atoms with E-state index in [0.717, 1.165) is 11.0 Å². The summed E-state index contributed by atoms with van der Waals surface area (Å²) >= 11 is 0.